The monoisotopic (exact) mass is 177 g/mol. The lowest BCUT2D eigenvalue weighted by Gasteiger charge is -2.03. The van der Waals surface area contributed by atoms with Crippen LogP contribution in [0, 0.1) is 0 Å². The second kappa shape index (κ2) is 4.55. The maximum Gasteiger partial charge on any atom is 0.407 e. The highest BCUT2D eigenvalue weighted by atomic mass is 16.5. The first kappa shape index (κ1) is 9.64. The molecule has 0 saturated heterocycles. The third-order valence-electron chi connectivity index (χ3n) is 1.69. The van der Waals surface area contributed by atoms with Gasteiger partial charge in [0, 0.05) is 7.05 Å². The molecular weight excluding hydrogens is 165 g/mol. The van der Waals surface area contributed by atoms with E-state index in [-0.39, 0.29) is 0 Å². The first-order valence-electron chi connectivity index (χ1n) is 4.12. The molecule has 0 radical (unpaired) electrons. The number of nitrogens with one attached hydrogen (secondary N) is 1. The highest BCUT2D eigenvalue weighted by molar-refractivity contribution is 6.32. The van der Waals surface area contributed by atoms with E-state index in [0.717, 1.165) is 5.56 Å². The van der Waals surface area contributed by atoms with Crippen LogP contribution >= 0.6 is 0 Å². The molecule has 1 aromatic rings. The first-order chi connectivity index (χ1) is 6.22. The molecule has 0 aliphatic carbocycles. The van der Waals surface area contributed by atoms with E-state index in [9.17, 15) is 4.79 Å². The van der Waals surface area contributed by atoms with E-state index in [4.69, 9.17) is 4.74 Å². The first-order valence-corrected chi connectivity index (χ1v) is 4.12. The van der Waals surface area contributed by atoms with Crippen LogP contribution in [-0.2, 0) is 11.3 Å². The van der Waals surface area contributed by atoms with Crippen LogP contribution in [0.15, 0.2) is 24.3 Å². The summed E-state index contributed by atoms with van der Waals surface area (Å²) in [5.41, 5.74) is 2.19. The summed E-state index contributed by atoms with van der Waals surface area (Å²) in [5, 5.41) is 2.39. The molecule has 0 heterocycles. The zero-order valence-corrected chi connectivity index (χ0v) is 7.83. The van der Waals surface area contributed by atoms with Crippen LogP contribution in [0.1, 0.15) is 5.56 Å². The Morgan fingerprint density at radius 3 is 2.62 bits per heavy atom. The number of benzene rings is 1. The third kappa shape index (κ3) is 3.19. The molecule has 1 rings (SSSR count). The Hall–Kier alpha value is -1.45. The van der Waals surface area contributed by atoms with Gasteiger partial charge in [0.25, 0.3) is 0 Å². The van der Waals surface area contributed by atoms with Gasteiger partial charge in [-0.25, -0.2) is 4.79 Å². The summed E-state index contributed by atoms with van der Waals surface area (Å²) in [7, 11) is 3.56. The third-order valence-corrected chi connectivity index (χ3v) is 1.69. The van der Waals surface area contributed by atoms with Crippen LogP contribution in [0.4, 0.5) is 4.79 Å². The molecule has 0 aliphatic rings. The second-order valence-electron chi connectivity index (χ2n) is 2.81. The topological polar surface area (TPSA) is 38.3 Å². The van der Waals surface area contributed by atoms with Crippen LogP contribution in [0.2, 0.25) is 0 Å². The van der Waals surface area contributed by atoms with E-state index in [0.29, 0.717) is 6.61 Å². The average molecular weight is 177 g/mol. The highest BCUT2D eigenvalue weighted by Gasteiger charge is 1.97. The fourth-order valence-corrected chi connectivity index (χ4v) is 0.905. The molecule has 1 N–H and O–H groups in total. The van der Waals surface area contributed by atoms with E-state index in [1.54, 1.807) is 0 Å². The Morgan fingerprint density at radius 1 is 1.46 bits per heavy atom. The normalized spacial score (nSPS) is 9.31. The number of hydrogen-bond donors (Lipinski definition) is 1. The summed E-state index contributed by atoms with van der Waals surface area (Å²) >= 11 is 0. The standard InChI is InChI=1S/C9H12BNO2/c1-11-9(12)13-6-7-2-4-8(10)5-3-7/h2-5H,6,10H2,1H3,(H,11,12). The molecule has 0 aromatic heterocycles. The predicted octanol–water partition coefficient (Wildman–Crippen LogP) is -0.199. The van der Waals surface area contributed by atoms with E-state index in [1.807, 2.05) is 32.1 Å². The van der Waals surface area contributed by atoms with E-state index in [1.165, 1.54) is 12.5 Å². The number of amides is 1. The van der Waals surface area contributed by atoms with Crippen molar-refractivity contribution < 1.29 is 9.53 Å². The van der Waals surface area contributed by atoms with Gasteiger partial charge in [0.05, 0.1) is 0 Å². The molecule has 1 aromatic carbocycles. The van der Waals surface area contributed by atoms with Gasteiger partial charge in [0.15, 0.2) is 0 Å². The van der Waals surface area contributed by atoms with Crippen molar-refractivity contribution in [2.24, 2.45) is 0 Å². The van der Waals surface area contributed by atoms with Crippen molar-refractivity contribution in [3.8, 4) is 0 Å². The van der Waals surface area contributed by atoms with Crippen LogP contribution in [0.5, 0.6) is 0 Å². The van der Waals surface area contributed by atoms with Gasteiger partial charge >= 0.3 is 6.09 Å². The summed E-state index contributed by atoms with van der Waals surface area (Å²) < 4.78 is 4.87. The molecule has 13 heavy (non-hydrogen) atoms. The summed E-state index contributed by atoms with van der Waals surface area (Å²) in [5.74, 6) is 0. The molecule has 0 aliphatic heterocycles. The largest absolute Gasteiger partial charge is 0.445 e. The van der Waals surface area contributed by atoms with Crippen molar-refractivity contribution >= 4 is 19.4 Å². The highest BCUT2D eigenvalue weighted by Crippen LogP contribution is 1.98. The van der Waals surface area contributed by atoms with Crippen molar-refractivity contribution in [1.29, 1.82) is 0 Å². The number of carbonyl (C=O) groups excluding carboxylic acids is 1. The molecule has 0 spiro atoms. The maximum atomic E-state index is 10.7. The fraction of sp³-hybridized carbons (Fsp3) is 0.222. The summed E-state index contributed by atoms with van der Waals surface area (Å²) in [6, 6.07) is 7.86. The van der Waals surface area contributed by atoms with Gasteiger partial charge in [-0.2, -0.15) is 0 Å². The molecule has 0 bridgehead atoms. The average Bonchev–Trinajstić information content (AvgIpc) is 2.16. The smallest absolute Gasteiger partial charge is 0.407 e. The molecule has 3 nitrogen and oxygen atoms in total. The number of alkyl carbamates (subject to hydrolysis) is 1. The number of ether oxygens (including phenoxy) is 1. The quantitative estimate of drug-likeness (QED) is 0.635. The van der Waals surface area contributed by atoms with E-state index < -0.39 is 6.09 Å². The van der Waals surface area contributed by atoms with Crippen LogP contribution in [0.3, 0.4) is 0 Å². The Labute approximate surface area is 78.5 Å². The minimum absolute atomic E-state index is 0.319. The van der Waals surface area contributed by atoms with Crippen molar-refractivity contribution in [1.82, 2.24) is 5.32 Å². The SMILES string of the molecule is Bc1ccc(COC(=O)NC)cc1. The van der Waals surface area contributed by atoms with Gasteiger partial charge in [-0.1, -0.05) is 29.7 Å². The number of rotatable bonds is 2. The van der Waals surface area contributed by atoms with Crippen molar-refractivity contribution in [2.45, 2.75) is 6.61 Å². The summed E-state index contributed by atoms with van der Waals surface area (Å²) in [6.45, 7) is 0.319. The van der Waals surface area contributed by atoms with E-state index >= 15 is 0 Å². The van der Waals surface area contributed by atoms with Gasteiger partial charge in [-0.3, -0.25) is 0 Å². The van der Waals surface area contributed by atoms with Gasteiger partial charge in [0.2, 0.25) is 0 Å². The molecule has 0 atom stereocenters. The second-order valence-corrected chi connectivity index (χ2v) is 2.81. The summed E-state index contributed by atoms with van der Waals surface area (Å²) in [6.07, 6.45) is -0.402. The Kier molecular flexibility index (Phi) is 3.37. The Bertz CT molecular complexity index is 284. The zero-order valence-electron chi connectivity index (χ0n) is 7.83. The lowest BCUT2D eigenvalue weighted by molar-refractivity contribution is 0.142. The number of carbonyl (C=O) groups is 1. The molecule has 0 saturated carbocycles. The predicted molar refractivity (Wildman–Crippen MR) is 53.9 cm³/mol. The summed E-state index contributed by atoms with van der Waals surface area (Å²) in [4.78, 5) is 10.7. The van der Waals surface area contributed by atoms with Gasteiger partial charge in [0.1, 0.15) is 14.5 Å². The number of hydrogen-bond acceptors (Lipinski definition) is 2. The van der Waals surface area contributed by atoms with Gasteiger partial charge in [-0.05, 0) is 5.56 Å². The molecule has 0 fully saturated rings. The van der Waals surface area contributed by atoms with Crippen LogP contribution < -0.4 is 10.8 Å². The van der Waals surface area contributed by atoms with E-state index in [2.05, 4.69) is 5.32 Å². The zero-order chi connectivity index (χ0) is 9.68. The molecular formula is C9H12BNO2. The Morgan fingerprint density at radius 2 is 2.08 bits per heavy atom. The molecule has 0 unspecified atom stereocenters. The fourth-order valence-electron chi connectivity index (χ4n) is 0.905. The van der Waals surface area contributed by atoms with Crippen molar-refractivity contribution in [3.63, 3.8) is 0 Å². The molecule has 68 valence electrons. The Balaban J connectivity index is 2.46. The molecule has 1 amide bonds. The van der Waals surface area contributed by atoms with Crippen LogP contribution in [-0.4, -0.2) is 21.0 Å². The van der Waals surface area contributed by atoms with Gasteiger partial charge < -0.3 is 10.1 Å². The molecule has 4 heteroatoms. The maximum absolute atomic E-state index is 10.7. The lowest BCUT2D eigenvalue weighted by Crippen LogP contribution is -2.18. The van der Waals surface area contributed by atoms with Crippen molar-refractivity contribution in [2.75, 3.05) is 7.05 Å². The van der Waals surface area contributed by atoms with Gasteiger partial charge in [-0.15, -0.1) is 0 Å². The van der Waals surface area contributed by atoms with Crippen molar-refractivity contribution in [3.05, 3.63) is 29.8 Å². The minimum atomic E-state index is -0.402. The van der Waals surface area contributed by atoms with Crippen LogP contribution in [0.25, 0.3) is 0 Å². The minimum Gasteiger partial charge on any atom is -0.445 e. The lowest BCUT2D eigenvalue weighted by atomic mass is 9.95.